The largest absolute Gasteiger partial charge is 0.334 e. The van der Waals surface area contributed by atoms with E-state index in [1.807, 2.05) is 19.3 Å². The summed E-state index contributed by atoms with van der Waals surface area (Å²) in [5.41, 5.74) is 0. The van der Waals surface area contributed by atoms with Gasteiger partial charge in [0, 0.05) is 31.5 Å². The van der Waals surface area contributed by atoms with E-state index in [4.69, 9.17) is 0 Å². The van der Waals surface area contributed by atoms with Crippen LogP contribution in [0.2, 0.25) is 0 Å². The summed E-state index contributed by atoms with van der Waals surface area (Å²) in [6, 6.07) is 0.615. The summed E-state index contributed by atoms with van der Waals surface area (Å²) < 4.78 is 2.18. The maximum Gasteiger partial charge on any atom is 0.105 e. The molecule has 0 amide bonds. The van der Waals surface area contributed by atoms with E-state index in [0.29, 0.717) is 6.04 Å². The Labute approximate surface area is 80.4 Å². The maximum atomic E-state index is 4.18. The molecule has 0 aliphatic heterocycles. The van der Waals surface area contributed by atoms with E-state index in [2.05, 4.69) is 35.3 Å². The molecule has 3 heteroatoms. The first-order chi connectivity index (χ1) is 6.11. The second-order valence-electron chi connectivity index (χ2n) is 3.74. The van der Waals surface area contributed by atoms with Crippen molar-refractivity contribution in [1.29, 1.82) is 0 Å². The highest BCUT2D eigenvalue weighted by molar-refractivity contribution is 4.88. The van der Waals surface area contributed by atoms with E-state index in [1.165, 1.54) is 0 Å². The van der Waals surface area contributed by atoms with Gasteiger partial charge >= 0.3 is 0 Å². The highest BCUT2D eigenvalue weighted by Gasteiger charge is 2.03. The molecule has 1 aromatic heterocycles. The van der Waals surface area contributed by atoms with Gasteiger partial charge in [-0.05, 0) is 27.8 Å². The molecular weight excluding hydrogens is 162 g/mol. The number of hydrogen-bond acceptors (Lipinski definition) is 2. The standard InChI is InChI=1S/C10H19N3/c1-9(2)12(4)7-8-13-6-5-11-10(13)3/h5-6,9H,7-8H2,1-4H3. The van der Waals surface area contributed by atoms with E-state index in [1.54, 1.807) is 0 Å². The quantitative estimate of drug-likeness (QED) is 0.702. The molecule has 1 heterocycles. The Hall–Kier alpha value is -0.830. The van der Waals surface area contributed by atoms with Gasteiger partial charge in [-0.25, -0.2) is 4.98 Å². The van der Waals surface area contributed by atoms with E-state index in [9.17, 15) is 0 Å². The predicted molar refractivity (Wildman–Crippen MR) is 54.7 cm³/mol. The van der Waals surface area contributed by atoms with E-state index >= 15 is 0 Å². The summed E-state index contributed by atoms with van der Waals surface area (Å²) in [7, 11) is 2.15. The van der Waals surface area contributed by atoms with Crippen molar-refractivity contribution in [2.24, 2.45) is 0 Å². The zero-order chi connectivity index (χ0) is 9.84. The first-order valence-electron chi connectivity index (χ1n) is 4.79. The van der Waals surface area contributed by atoms with Gasteiger partial charge in [-0.3, -0.25) is 0 Å². The Morgan fingerprint density at radius 1 is 1.54 bits per heavy atom. The second-order valence-corrected chi connectivity index (χ2v) is 3.74. The Kier molecular flexibility index (Phi) is 3.48. The lowest BCUT2D eigenvalue weighted by atomic mass is 10.3. The van der Waals surface area contributed by atoms with Crippen LogP contribution in [0.15, 0.2) is 12.4 Å². The number of imidazole rings is 1. The monoisotopic (exact) mass is 181 g/mol. The topological polar surface area (TPSA) is 21.1 Å². The SMILES string of the molecule is Cc1nccn1CCN(C)C(C)C. The van der Waals surface area contributed by atoms with Gasteiger partial charge in [0.1, 0.15) is 5.82 Å². The Balaban J connectivity index is 2.39. The van der Waals surface area contributed by atoms with Crippen LogP contribution in [0.3, 0.4) is 0 Å². The number of nitrogens with zero attached hydrogens (tertiary/aromatic N) is 3. The van der Waals surface area contributed by atoms with Gasteiger partial charge in [-0.1, -0.05) is 0 Å². The summed E-state index contributed by atoms with van der Waals surface area (Å²) >= 11 is 0. The van der Waals surface area contributed by atoms with Crippen LogP contribution in [0.1, 0.15) is 19.7 Å². The summed E-state index contributed by atoms with van der Waals surface area (Å²) in [4.78, 5) is 6.52. The fraction of sp³-hybridized carbons (Fsp3) is 0.700. The fourth-order valence-electron chi connectivity index (χ4n) is 1.16. The van der Waals surface area contributed by atoms with Crippen LogP contribution >= 0.6 is 0 Å². The third-order valence-corrected chi connectivity index (χ3v) is 2.50. The number of likely N-dealkylation sites (N-methyl/N-ethyl adjacent to an activating group) is 1. The minimum atomic E-state index is 0.615. The average molecular weight is 181 g/mol. The molecule has 0 radical (unpaired) electrons. The van der Waals surface area contributed by atoms with Crippen LogP contribution < -0.4 is 0 Å². The van der Waals surface area contributed by atoms with Crippen LogP contribution in [0.25, 0.3) is 0 Å². The third kappa shape index (κ3) is 2.84. The van der Waals surface area contributed by atoms with Gasteiger partial charge in [-0.2, -0.15) is 0 Å². The first kappa shape index (κ1) is 10.3. The van der Waals surface area contributed by atoms with E-state index in [0.717, 1.165) is 18.9 Å². The van der Waals surface area contributed by atoms with Crippen molar-refractivity contribution in [2.75, 3.05) is 13.6 Å². The van der Waals surface area contributed by atoms with Gasteiger partial charge in [-0.15, -0.1) is 0 Å². The van der Waals surface area contributed by atoms with Crippen LogP contribution in [-0.4, -0.2) is 34.1 Å². The molecule has 3 nitrogen and oxygen atoms in total. The smallest absolute Gasteiger partial charge is 0.105 e. The normalized spacial score (nSPS) is 11.5. The number of aromatic nitrogens is 2. The minimum Gasteiger partial charge on any atom is -0.334 e. The van der Waals surface area contributed by atoms with Crippen molar-refractivity contribution in [3.63, 3.8) is 0 Å². The van der Waals surface area contributed by atoms with E-state index < -0.39 is 0 Å². The molecule has 0 aromatic carbocycles. The van der Waals surface area contributed by atoms with Crippen molar-refractivity contribution in [2.45, 2.75) is 33.4 Å². The average Bonchev–Trinajstić information content (AvgIpc) is 2.47. The molecule has 0 spiro atoms. The summed E-state index contributed by atoms with van der Waals surface area (Å²) in [6.45, 7) is 8.56. The summed E-state index contributed by atoms with van der Waals surface area (Å²) in [5.74, 6) is 1.09. The maximum absolute atomic E-state index is 4.18. The molecule has 0 N–H and O–H groups in total. The zero-order valence-corrected chi connectivity index (χ0v) is 8.99. The molecule has 0 aliphatic rings. The van der Waals surface area contributed by atoms with Crippen molar-refractivity contribution < 1.29 is 0 Å². The number of aryl methyl sites for hydroxylation is 1. The molecular formula is C10H19N3. The molecule has 13 heavy (non-hydrogen) atoms. The lowest BCUT2D eigenvalue weighted by molar-refractivity contribution is 0.262. The van der Waals surface area contributed by atoms with Gasteiger partial charge in [0.05, 0.1) is 0 Å². The lowest BCUT2D eigenvalue weighted by Crippen LogP contribution is -2.29. The lowest BCUT2D eigenvalue weighted by Gasteiger charge is -2.21. The minimum absolute atomic E-state index is 0.615. The zero-order valence-electron chi connectivity index (χ0n) is 8.99. The predicted octanol–water partition coefficient (Wildman–Crippen LogP) is 1.53. The van der Waals surface area contributed by atoms with Crippen molar-refractivity contribution in [3.05, 3.63) is 18.2 Å². The van der Waals surface area contributed by atoms with Crippen molar-refractivity contribution >= 4 is 0 Å². The molecule has 1 rings (SSSR count). The molecule has 1 aromatic rings. The Morgan fingerprint density at radius 2 is 2.23 bits per heavy atom. The molecule has 0 bridgehead atoms. The van der Waals surface area contributed by atoms with Gasteiger partial charge < -0.3 is 9.47 Å². The van der Waals surface area contributed by atoms with Crippen LogP contribution in [0, 0.1) is 6.92 Å². The Morgan fingerprint density at radius 3 is 2.69 bits per heavy atom. The Bertz CT molecular complexity index is 252. The van der Waals surface area contributed by atoms with Crippen LogP contribution in [0.5, 0.6) is 0 Å². The highest BCUT2D eigenvalue weighted by Crippen LogP contribution is 1.98. The third-order valence-electron chi connectivity index (χ3n) is 2.50. The molecule has 0 saturated carbocycles. The van der Waals surface area contributed by atoms with Crippen LogP contribution in [0.4, 0.5) is 0 Å². The fourth-order valence-corrected chi connectivity index (χ4v) is 1.16. The molecule has 0 atom stereocenters. The summed E-state index contributed by atoms with van der Waals surface area (Å²) in [6.07, 6.45) is 3.88. The first-order valence-corrected chi connectivity index (χ1v) is 4.79. The van der Waals surface area contributed by atoms with Gasteiger partial charge in [0.2, 0.25) is 0 Å². The summed E-state index contributed by atoms with van der Waals surface area (Å²) in [5, 5.41) is 0. The van der Waals surface area contributed by atoms with Gasteiger partial charge in [0.25, 0.3) is 0 Å². The molecule has 0 saturated heterocycles. The van der Waals surface area contributed by atoms with Crippen molar-refractivity contribution in [1.82, 2.24) is 14.5 Å². The van der Waals surface area contributed by atoms with Gasteiger partial charge in [0.15, 0.2) is 0 Å². The molecule has 74 valence electrons. The second kappa shape index (κ2) is 4.42. The van der Waals surface area contributed by atoms with Crippen LogP contribution in [-0.2, 0) is 6.54 Å². The molecule has 0 aliphatic carbocycles. The molecule has 0 unspecified atom stereocenters. The molecule has 0 fully saturated rings. The highest BCUT2D eigenvalue weighted by atomic mass is 15.2. The van der Waals surface area contributed by atoms with E-state index in [-0.39, 0.29) is 0 Å². The van der Waals surface area contributed by atoms with Crippen molar-refractivity contribution in [3.8, 4) is 0 Å². The number of rotatable bonds is 4. The number of hydrogen-bond donors (Lipinski definition) is 0.